The standard InChI is InChI=1S/C17H30N2O/c1-6-20-13-12-19(5)16(14-18-17(2,3)4)15-10-8-7-9-11-15/h7-11,16,18H,6,12-14H2,1-5H3. The molecule has 3 heteroatoms. The van der Waals surface area contributed by atoms with Crippen LogP contribution >= 0.6 is 0 Å². The van der Waals surface area contributed by atoms with Gasteiger partial charge in [0.2, 0.25) is 0 Å². The fraction of sp³-hybridized carbons (Fsp3) is 0.647. The predicted molar refractivity (Wildman–Crippen MR) is 86.1 cm³/mol. The minimum absolute atomic E-state index is 0.133. The molecule has 1 atom stereocenters. The molecule has 0 amide bonds. The van der Waals surface area contributed by atoms with Gasteiger partial charge < -0.3 is 10.1 Å². The van der Waals surface area contributed by atoms with E-state index in [4.69, 9.17) is 4.74 Å². The summed E-state index contributed by atoms with van der Waals surface area (Å²) in [4.78, 5) is 2.36. The minimum Gasteiger partial charge on any atom is -0.380 e. The highest BCUT2D eigenvalue weighted by Gasteiger charge is 2.19. The molecule has 0 aliphatic rings. The molecule has 0 radical (unpaired) electrons. The first kappa shape index (κ1) is 17.2. The number of nitrogens with one attached hydrogen (secondary N) is 1. The molecule has 1 N–H and O–H groups in total. The topological polar surface area (TPSA) is 24.5 Å². The molecule has 1 aromatic rings. The van der Waals surface area contributed by atoms with E-state index in [0.29, 0.717) is 6.04 Å². The van der Waals surface area contributed by atoms with Crippen LogP contribution < -0.4 is 5.32 Å². The van der Waals surface area contributed by atoms with E-state index in [2.05, 4.69) is 68.4 Å². The van der Waals surface area contributed by atoms with Gasteiger partial charge in [-0.2, -0.15) is 0 Å². The van der Waals surface area contributed by atoms with Crippen LogP contribution in [0.3, 0.4) is 0 Å². The van der Waals surface area contributed by atoms with Gasteiger partial charge in [0.15, 0.2) is 0 Å². The third-order valence-electron chi connectivity index (χ3n) is 3.33. The molecule has 0 heterocycles. The molecular formula is C17H30N2O. The summed E-state index contributed by atoms with van der Waals surface area (Å²) >= 11 is 0. The summed E-state index contributed by atoms with van der Waals surface area (Å²) < 4.78 is 5.47. The minimum atomic E-state index is 0.133. The number of hydrogen-bond acceptors (Lipinski definition) is 3. The van der Waals surface area contributed by atoms with Crippen LogP contribution in [0.2, 0.25) is 0 Å². The van der Waals surface area contributed by atoms with Gasteiger partial charge in [-0.1, -0.05) is 30.3 Å². The number of ether oxygens (including phenoxy) is 1. The van der Waals surface area contributed by atoms with Crippen LogP contribution in [0.1, 0.15) is 39.3 Å². The molecule has 0 saturated carbocycles. The first-order valence-electron chi connectivity index (χ1n) is 7.52. The molecule has 1 unspecified atom stereocenters. The Balaban J connectivity index is 2.68. The highest BCUT2D eigenvalue weighted by atomic mass is 16.5. The Kier molecular flexibility index (Phi) is 7.20. The van der Waals surface area contributed by atoms with Crippen molar-refractivity contribution in [3.63, 3.8) is 0 Å². The van der Waals surface area contributed by atoms with Gasteiger partial charge in [-0.25, -0.2) is 0 Å². The molecule has 0 spiro atoms. The molecule has 20 heavy (non-hydrogen) atoms. The van der Waals surface area contributed by atoms with E-state index >= 15 is 0 Å². The van der Waals surface area contributed by atoms with E-state index in [1.807, 2.05) is 6.92 Å². The van der Waals surface area contributed by atoms with Crippen LogP contribution in [0.5, 0.6) is 0 Å². The fourth-order valence-corrected chi connectivity index (χ4v) is 2.11. The smallest absolute Gasteiger partial charge is 0.0593 e. The molecule has 0 fully saturated rings. The van der Waals surface area contributed by atoms with E-state index < -0.39 is 0 Å². The van der Waals surface area contributed by atoms with Crippen LogP contribution in [0.15, 0.2) is 30.3 Å². The average Bonchev–Trinajstić information content (AvgIpc) is 2.39. The van der Waals surface area contributed by atoms with Crippen molar-refractivity contribution < 1.29 is 4.74 Å². The van der Waals surface area contributed by atoms with Crippen molar-refractivity contribution in [1.29, 1.82) is 0 Å². The Hall–Kier alpha value is -0.900. The van der Waals surface area contributed by atoms with E-state index in [0.717, 1.165) is 26.3 Å². The normalized spacial score (nSPS) is 13.7. The van der Waals surface area contributed by atoms with Gasteiger partial charge in [-0.05, 0) is 40.3 Å². The quantitative estimate of drug-likeness (QED) is 0.740. The molecule has 0 aliphatic heterocycles. The second kappa shape index (κ2) is 8.40. The van der Waals surface area contributed by atoms with E-state index in [1.165, 1.54) is 5.56 Å². The van der Waals surface area contributed by atoms with Gasteiger partial charge in [0.05, 0.1) is 6.61 Å². The Morgan fingerprint density at radius 3 is 2.40 bits per heavy atom. The lowest BCUT2D eigenvalue weighted by Gasteiger charge is -2.32. The maximum absolute atomic E-state index is 5.47. The molecular weight excluding hydrogens is 248 g/mol. The van der Waals surface area contributed by atoms with Crippen LogP contribution in [-0.2, 0) is 4.74 Å². The van der Waals surface area contributed by atoms with Crippen LogP contribution in [-0.4, -0.2) is 43.8 Å². The maximum atomic E-state index is 5.47. The van der Waals surface area contributed by atoms with Crippen molar-refractivity contribution in [1.82, 2.24) is 10.2 Å². The highest BCUT2D eigenvalue weighted by molar-refractivity contribution is 5.19. The number of hydrogen-bond donors (Lipinski definition) is 1. The Morgan fingerprint density at radius 2 is 1.85 bits per heavy atom. The maximum Gasteiger partial charge on any atom is 0.0593 e. The molecule has 0 aliphatic carbocycles. The SMILES string of the molecule is CCOCCN(C)C(CNC(C)(C)C)c1ccccc1. The van der Waals surface area contributed by atoms with Crippen molar-refractivity contribution in [2.45, 2.75) is 39.3 Å². The number of rotatable bonds is 8. The van der Waals surface area contributed by atoms with Crippen molar-refractivity contribution in [3.05, 3.63) is 35.9 Å². The second-order valence-corrected chi connectivity index (χ2v) is 6.23. The lowest BCUT2D eigenvalue weighted by molar-refractivity contribution is 0.105. The lowest BCUT2D eigenvalue weighted by Crippen LogP contribution is -2.43. The third kappa shape index (κ3) is 6.51. The van der Waals surface area contributed by atoms with Gasteiger partial charge in [-0.15, -0.1) is 0 Å². The summed E-state index contributed by atoms with van der Waals surface area (Å²) in [6.45, 7) is 12.1. The summed E-state index contributed by atoms with van der Waals surface area (Å²) in [6, 6.07) is 11.1. The summed E-state index contributed by atoms with van der Waals surface area (Å²) in [5.41, 5.74) is 1.48. The Bertz CT molecular complexity index is 359. The molecule has 1 rings (SSSR count). The number of benzene rings is 1. The lowest BCUT2D eigenvalue weighted by atomic mass is 10.0. The van der Waals surface area contributed by atoms with Crippen molar-refractivity contribution in [2.75, 3.05) is 33.4 Å². The van der Waals surface area contributed by atoms with Gasteiger partial charge in [0.1, 0.15) is 0 Å². The van der Waals surface area contributed by atoms with Gasteiger partial charge >= 0.3 is 0 Å². The van der Waals surface area contributed by atoms with Crippen LogP contribution in [0.25, 0.3) is 0 Å². The van der Waals surface area contributed by atoms with E-state index in [9.17, 15) is 0 Å². The highest BCUT2D eigenvalue weighted by Crippen LogP contribution is 2.19. The molecule has 0 aromatic heterocycles. The van der Waals surface area contributed by atoms with Gasteiger partial charge in [-0.3, -0.25) is 4.90 Å². The largest absolute Gasteiger partial charge is 0.380 e. The summed E-state index contributed by atoms with van der Waals surface area (Å²) in [6.07, 6.45) is 0. The van der Waals surface area contributed by atoms with Crippen LogP contribution in [0, 0.1) is 0 Å². The van der Waals surface area contributed by atoms with Gasteiger partial charge in [0.25, 0.3) is 0 Å². The fourth-order valence-electron chi connectivity index (χ4n) is 2.11. The predicted octanol–water partition coefficient (Wildman–Crippen LogP) is 3.08. The Morgan fingerprint density at radius 1 is 1.20 bits per heavy atom. The first-order chi connectivity index (χ1) is 9.44. The molecule has 114 valence electrons. The summed E-state index contributed by atoms with van der Waals surface area (Å²) in [7, 11) is 2.17. The molecule has 1 aromatic carbocycles. The molecule has 0 bridgehead atoms. The zero-order chi connectivity index (χ0) is 15.0. The zero-order valence-corrected chi connectivity index (χ0v) is 13.6. The summed E-state index contributed by atoms with van der Waals surface area (Å²) in [5.74, 6) is 0. The monoisotopic (exact) mass is 278 g/mol. The van der Waals surface area contributed by atoms with Crippen molar-refractivity contribution in [3.8, 4) is 0 Å². The van der Waals surface area contributed by atoms with E-state index in [1.54, 1.807) is 0 Å². The zero-order valence-electron chi connectivity index (χ0n) is 13.6. The third-order valence-corrected chi connectivity index (χ3v) is 3.33. The number of likely N-dealkylation sites (N-methyl/N-ethyl adjacent to an activating group) is 1. The van der Waals surface area contributed by atoms with Crippen molar-refractivity contribution in [2.24, 2.45) is 0 Å². The van der Waals surface area contributed by atoms with Crippen LogP contribution in [0.4, 0.5) is 0 Å². The van der Waals surface area contributed by atoms with Gasteiger partial charge in [0, 0.05) is 31.3 Å². The second-order valence-electron chi connectivity index (χ2n) is 6.23. The van der Waals surface area contributed by atoms with E-state index in [-0.39, 0.29) is 5.54 Å². The first-order valence-corrected chi connectivity index (χ1v) is 7.52. The Labute approximate surface area is 124 Å². The number of nitrogens with zero attached hydrogens (tertiary/aromatic N) is 1. The average molecular weight is 278 g/mol. The molecule has 0 saturated heterocycles. The molecule has 3 nitrogen and oxygen atoms in total. The summed E-state index contributed by atoms with van der Waals surface area (Å²) in [5, 5.41) is 3.61. The van der Waals surface area contributed by atoms with Crippen molar-refractivity contribution >= 4 is 0 Å².